The van der Waals surface area contributed by atoms with Crippen LogP contribution in [0.4, 0.5) is 0 Å². The molecule has 0 radical (unpaired) electrons. The van der Waals surface area contributed by atoms with Crippen LogP contribution in [0, 0.1) is 0 Å². The molecule has 0 spiro atoms. The van der Waals surface area contributed by atoms with Crippen LogP contribution in [0.5, 0.6) is 0 Å². The lowest BCUT2D eigenvalue weighted by Crippen LogP contribution is -2.35. The summed E-state index contributed by atoms with van der Waals surface area (Å²) >= 11 is 0. The highest BCUT2D eigenvalue weighted by atomic mass is 16.3. The van der Waals surface area contributed by atoms with Gasteiger partial charge in [0.05, 0.1) is 6.10 Å². The number of hydrogen-bond donors (Lipinski definition) is 3. The second-order valence-electron chi connectivity index (χ2n) is 3.62. The molecule has 0 heterocycles. The van der Waals surface area contributed by atoms with Gasteiger partial charge in [-0.1, -0.05) is 20.3 Å². The second-order valence-corrected chi connectivity index (χ2v) is 3.62. The Morgan fingerprint density at radius 2 is 2.14 bits per heavy atom. The fourth-order valence-corrected chi connectivity index (χ4v) is 1.16. The first-order chi connectivity index (χ1) is 6.60. The predicted octanol–water partition coefficient (Wildman–Crippen LogP) is 0.391. The Labute approximate surface area is 85.9 Å². The van der Waals surface area contributed by atoms with Gasteiger partial charge < -0.3 is 16.2 Å². The average molecular weight is 202 g/mol. The molecule has 2 unspecified atom stereocenters. The molecular weight excluding hydrogens is 180 g/mol. The molecule has 0 fully saturated rings. The first kappa shape index (κ1) is 13.4. The van der Waals surface area contributed by atoms with Crippen LogP contribution in [-0.4, -0.2) is 29.7 Å². The molecule has 14 heavy (non-hydrogen) atoms. The van der Waals surface area contributed by atoms with E-state index in [0.717, 1.165) is 12.8 Å². The zero-order valence-corrected chi connectivity index (χ0v) is 9.12. The Morgan fingerprint density at radius 3 is 2.64 bits per heavy atom. The third-order valence-corrected chi connectivity index (χ3v) is 2.11. The van der Waals surface area contributed by atoms with Crippen molar-refractivity contribution in [3.8, 4) is 0 Å². The van der Waals surface area contributed by atoms with Gasteiger partial charge in [-0.05, 0) is 12.8 Å². The standard InChI is InChI=1S/C10H22N2O2/c1-3-5-8(11)6-10(14)12-7-9(13)4-2/h8-9,13H,3-7,11H2,1-2H3,(H,12,14). The van der Waals surface area contributed by atoms with Crippen molar-refractivity contribution in [2.24, 2.45) is 5.73 Å². The summed E-state index contributed by atoms with van der Waals surface area (Å²) in [6.45, 7) is 4.24. The Morgan fingerprint density at radius 1 is 1.50 bits per heavy atom. The molecule has 1 amide bonds. The van der Waals surface area contributed by atoms with Gasteiger partial charge in [-0.2, -0.15) is 0 Å². The first-order valence-electron chi connectivity index (χ1n) is 5.30. The van der Waals surface area contributed by atoms with Gasteiger partial charge in [0.2, 0.25) is 5.91 Å². The summed E-state index contributed by atoms with van der Waals surface area (Å²) in [5.41, 5.74) is 5.70. The van der Waals surface area contributed by atoms with Gasteiger partial charge in [-0.3, -0.25) is 4.79 Å². The molecule has 2 atom stereocenters. The average Bonchev–Trinajstić information content (AvgIpc) is 2.14. The number of aliphatic hydroxyl groups excluding tert-OH is 1. The van der Waals surface area contributed by atoms with Crippen molar-refractivity contribution in [3.63, 3.8) is 0 Å². The van der Waals surface area contributed by atoms with Crippen LogP contribution < -0.4 is 11.1 Å². The van der Waals surface area contributed by atoms with Gasteiger partial charge in [-0.25, -0.2) is 0 Å². The minimum absolute atomic E-state index is 0.0567. The third kappa shape index (κ3) is 6.86. The summed E-state index contributed by atoms with van der Waals surface area (Å²) in [5, 5.41) is 11.9. The molecule has 0 saturated carbocycles. The number of rotatable bonds is 7. The lowest BCUT2D eigenvalue weighted by molar-refractivity contribution is -0.121. The molecule has 4 nitrogen and oxygen atoms in total. The van der Waals surface area contributed by atoms with E-state index < -0.39 is 6.10 Å². The van der Waals surface area contributed by atoms with Crippen LogP contribution in [0.15, 0.2) is 0 Å². The minimum atomic E-state index is -0.443. The van der Waals surface area contributed by atoms with Crippen molar-refractivity contribution in [1.82, 2.24) is 5.32 Å². The lowest BCUT2D eigenvalue weighted by atomic mass is 10.1. The molecule has 4 heteroatoms. The topological polar surface area (TPSA) is 75.4 Å². The van der Waals surface area contributed by atoms with Crippen molar-refractivity contribution in [3.05, 3.63) is 0 Å². The number of aliphatic hydroxyl groups is 1. The van der Waals surface area contributed by atoms with Crippen LogP contribution >= 0.6 is 0 Å². The smallest absolute Gasteiger partial charge is 0.221 e. The Kier molecular flexibility index (Phi) is 7.42. The molecule has 84 valence electrons. The zero-order valence-electron chi connectivity index (χ0n) is 9.12. The highest BCUT2D eigenvalue weighted by molar-refractivity contribution is 5.76. The molecule has 0 aromatic rings. The van der Waals surface area contributed by atoms with E-state index in [1.165, 1.54) is 0 Å². The number of nitrogens with two attached hydrogens (primary N) is 1. The van der Waals surface area contributed by atoms with E-state index >= 15 is 0 Å². The number of amides is 1. The highest BCUT2D eigenvalue weighted by Crippen LogP contribution is 1.98. The molecule has 4 N–H and O–H groups in total. The quantitative estimate of drug-likeness (QED) is 0.559. The van der Waals surface area contributed by atoms with Crippen molar-refractivity contribution < 1.29 is 9.90 Å². The molecule has 0 saturated heterocycles. The SMILES string of the molecule is CCCC(N)CC(=O)NCC(O)CC. The maximum atomic E-state index is 11.2. The Balaban J connectivity index is 3.54. The molecule has 0 aliphatic carbocycles. The second kappa shape index (κ2) is 7.76. The summed E-state index contributed by atoms with van der Waals surface area (Å²) < 4.78 is 0. The van der Waals surface area contributed by atoms with Gasteiger partial charge in [0.1, 0.15) is 0 Å². The summed E-state index contributed by atoms with van der Waals surface area (Å²) in [6.07, 6.45) is 2.42. The van der Waals surface area contributed by atoms with Gasteiger partial charge in [0.25, 0.3) is 0 Å². The minimum Gasteiger partial charge on any atom is -0.391 e. The number of nitrogens with one attached hydrogen (secondary N) is 1. The number of carbonyl (C=O) groups is 1. The number of hydrogen-bond acceptors (Lipinski definition) is 3. The molecule has 0 aliphatic rings. The summed E-state index contributed by atoms with van der Waals surface area (Å²) in [7, 11) is 0. The summed E-state index contributed by atoms with van der Waals surface area (Å²) in [5.74, 6) is -0.0709. The van der Waals surface area contributed by atoms with E-state index in [1.807, 2.05) is 13.8 Å². The van der Waals surface area contributed by atoms with Crippen LogP contribution in [0.3, 0.4) is 0 Å². The van der Waals surface area contributed by atoms with E-state index in [1.54, 1.807) is 0 Å². The van der Waals surface area contributed by atoms with Crippen LogP contribution in [0.1, 0.15) is 39.5 Å². The van der Waals surface area contributed by atoms with Gasteiger partial charge in [-0.15, -0.1) is 0 Å². The largest absolute Gasteiger partial charge is 0.391 e. The molecular formula is C10H22N2O2. The fourth-order valence-electron chi connectivity index (χ4n) is 1.16. The van der Waals surface area contributed by atoms with E-state index in [0.29, 0.717) is 19.4 Å². The number of carbonyl (C=O) groups excluding carboxylic acids is 1. The van der Waals surface area contributed by atoms with Gasteiger partial charge in [0.15, 0.2) is 0 Å². The normalized spacial score (nSPS) is 14.9. The van der Waals surface area contributed by atoms with Gasteiger partial charge in [0, 0.05) is 19.0 Å². The summed E-state index contributed by atoms with van der Waals surface area (Å²) in [4.78, 5) is 11.2. The molecule has 0 aliphatic heterocycles. The van der Waals surface area contributed by atoms with Crippen LogP contribution in [-0.2, 0) is 4.79 Å². The molecule has 0 aromatic heterocycles. The van der Waals surface area contributed by atoms with E-state index in [-0.39, 0.29) is 11.9 Å². The monoisotopic (exact) mass is 202 g/mol. The van der Waals surface area contributed by atoms with Crippen molar-refractivity contribution >= 4 is 5.91 Å². The van der Waals surface area contributed by atoms with E-state index in [9.17, 15) is 9.90 Å². The Hall–Kier alpha value is -0.610. The maximum absolute atomic E-state index is 11.2. The fraction of sp³-hybridized carbons (Fsp3) is 0.900. The van der Waals surface area contributed by atoms with Gasteiger partial charge >= 0.3 is 0 Å². The van der Waals surface area contributed by atoms with E-state index in [2.05, 4.69) is 5.32 Å². The van der Waals surface area contributed by atoms with Crippen LogP contribution in [0.2, 0.25) is 0 Å². The Bertz CT molecular complexity index is 162. The van der Waals surface area contributed by atoms with Crippen molar-refractivity contribution in [2.45, 2.75) is 51.7 Å². The van der Waals surface area contributed by atoms with Crippen molar-refractivity contribution in [1.29, 1.82) is 0 Å². The van der Waals surface area contributed by atoms with Crippen molar-refractivity contribution in [2.75, 3.05) is 6.54 Å². The van der Waals surface area contributed by atoms with E-state index in [4.69, 9.17) is 5.73 Å². The zero-order chi connectivity index (χ0) is 11.0. The maximum Gasteiger partial charge on any atom is 0.221 e. The highest BCUT2D eigenvalue weighted by Gasteiger charge is 2.09. The first-order valence-corrected chi connectivity index (χ1v) is 5.30. The van der Waals surface area contributed by atoms with Crippen LogP contribution in [0.25, 0.3) is 0 Å². The summed E-state index contributed by atoms with van der Waals surface area (Å²) in [6, 6.07) is -0.0567. The molecule has 0 rings (SSSR count). The third-order valence-electron chi connectivity index (χ3n) is 2.11. The predicted molar refractivity (Wildman–Crippen MR) is 56.8 cm³/mol. The molecule has 0 aromatic carbocycles. The molecule has 0 bridgehead atoms. The lowest BCUT2D eigenvalue weighted by Gasteiger charge is -2.12.